The van der Waals surface area contributed by atoms with Crippen LogP contribution in [0, 0.1) is 5.92 Å². The molecule has 0 aromatic carbocycles. The van der Waals surface area contributed by atoms with Crippen LogP contribution in [-0.4, -0.2) is 17.9 Å². The van der Waals surface area contributed by atoms with E-state index in [9.17, 15) is 9.59 Å². The van der Waals surface area contributed by atoms with Crippen molar-refractivity contribution in [1.82, 2.24) is 0 Å². The third-order valence-electron chi connectivity index (χ3n) is 1.30. The fourth-order valence-corrected chi connectivity index (χ4v) is 0.749. The van der Waals surface area contributed by atoms with E-state index in [1.165, 1.54) is 13.1 Å². The summed E-state index contributed by atoms with van der Waals surface area (Å²) in [5.74, 6) is -1.15. The van der Waals surface area contributed by atoms with Crippen molar-refractivity contribution >= 4 is 17.9 Å². The predicted molar refractivity (Wildman–Crippen MR) is 36.8 cm³/mol. The molecule has 3 heteroatoms. The highest BCUT2D eigenvalue weighted by atomic mass is 16.2. The molecule has 0 N–H and O–H groups in total. The number of Topliss-reactive ketones (excluding diaryl/α,β-unsaturated/α-hetero) is 1. The smallest absolute Gasteiger partial charge is 0.260 e. The first-order valence-corrected chi connectivity index (χ1v) is 2.97. The Morgan fingerprint density at radius 1 is 1.70 bits per heavy atom. The Morgan fingerprint density at radius 3 is 2.80 bits per heavy atom. The van der Waals surface area contributed by atoms with E-state index in [2.05, 4.69) is 4.99 Å². The number of hydrogen-bond acceptors (Lipinski definition) is 2. The second kappa shape index (κ2) is 2.56. The van der Waals surface area contributed by atoms with Gasteiger partial charge in [-0.3, -0.25) is 9.59 Å². The molecule has 52 valence electrons. The van der Waals surface area contributed by atoms with Gasteiger partial charge < -0.3 is 0 Å². The van der Waals surface area contributed by atoms with Crippen molar-refractivity contribution in [2.24, 2.45) is 10.9 Å². The molecule has 3 nitrogen and oxygen atoms in total. The molecule has 0 aromatic heterocycles. The van der Waals surface area contributed by atoms with Crippen molar-refractivity contribution in [2.45, 2.75) is 6.92 Å². The van der Waals surface area contributed by atoms with E-state index >= 15 is 0 Å². The van der Waals surface area contributed by atoms with Crippen LogP contribution in [0.15, 0.2) is 17.1 Å². The largest absolute Gasteiger partial charge is 0.299 e. The van der Waals surface area contributed by atoms with Gasteiger partial charge >= 0.3 is 0 Å². The first-order chi connectivity index (χ1) is 4.72. The number of hydrogen-bond donors (Lipinski definition) is 0. The standard InChI is InChI=1S/C7H7NO2/c1-5(9)6-3-2-4-8-7(6)10/h2-4,6H,1H3. The SMILES string of the molecule is CC(=O)C1C=CC=NC1=O. The van der Waals surface area contributed by atoms with Crippen LogP contribution >= 0.6 is 0 Å². The highest BCUT2D eigenvalue weighted by Crippen LogP contribution is 2.05. The van der Waals surface area contributed by atoms with Crippen LogP contribution in [0.1, 0.15) is 6.92 Å². The number of rotatable bonds is 1. The Hall–Kier alpha value is -1.25. The van der Waals surface area contributed by atoms with Crippen LogP contribution in [0.5, 0.6) is 0 Å². The number of nitrogens with zero attached hydrogens (tertiary/aromatic N) is 1. The Balaban J connectivity index is 2.80. The highest BCUT2D eigenvalue weighted by Gasteiger charge is 2.20. The first kappa shape index (κ1) is 6.86. The number of aliphatic imine (C=N–C) groups is 1. The summed E-state index contributed by atoms with van der Waals surface area (Å²) < 4.78 is 0. The zero-order chi connectivity index (χ0) is 7.56. The zero-order valence-electron chi connectivity index (χ0n) is 5.57. The molecule has 1 aliphatic rings. The molecule has 0 saturated heterocycles. The molecule has 1 heterocycles. The van der Waals surface area contributed by atoms with Crippen molar-refractivity contribution in [3.05, 3.63) is 12.2 Å². The first-order valence-electron chi connectivity index (χ1n) is 2.97. The summed E-state index contributed by atoms with van der Waals surface area (Å²) >= 11 is 0. The van der Waals surface area contributed by atoms with Gasteiger partial charge in [0.1, 0.15) is 11.7 Å². The number of carbonyl (C=O) groups excluding carboxylic acids is 2. The van der Waals surface area contributed by atoms with E-state index in [4.69, 9.17) is 0 Å². The molecule has 1 atom stereocenters. The molecule has 1 unspecified atom stereocenters. The van der Waals surface area contributed by atoms with Crippen LogP contribution in [0.25, 0.3) is 0 Å². The second-order valence-corrected chi connectivity index (χ2v) is 2.09. The van der Waals surface area contributed by atoms with Crippen LogP contribution in [0.4, 0.5) is 0 Å². The zero-order valence-corrected chi connectivity index (χ0v) is 5.57. The molecule has 0 bridgehead atoms. The average Bonchev–Trinajstić information content (AvgIpc) is 1.88. The summed E-state index contributed by atoms with van der Waals surface area (Å²) in [6.07, 6.45) is 4.55. The van der Waals surface area contributed by atoms with E-state index in [1.807, 2.05) is 0 Å². The van der Waals surface area contributed by atoms with Gasteiger partial charge in [-0.05, 0) is 13.0 Å². The molecule has 10 heavy (non-hydrogen) atoms. The van der Waals surface area contributed by atoms with Gasteiger partial charge in [-0.15, -0.1) is 0 Å². The quantitative estimate of drug-likeness (QED) is 0.490. The van der Waals surface area contributed by atoms with Gasteiger partial charge in [-0.25, -0.2) is 4.99 Å². The van der Waals surface area contributed by atoms with Gasteiger partial charge in [0.2, 0.25) is 0 Å². The molecule has 0 saturated carbocycles. The van der Waals surface area contributed by atoms with Gasteiger partial charge in [0.05, 0.1) is 0 Å². The van der Waals surface area contributed by atoms with Gasteiger partial charge in [0.25, 0.3) is 5.91 Å². The molecule has 1 amide bonds. The molecular formula is C7H7NO2. The minimum absolute atomic E-state index is 0.155. The lowest BCUT2D eigenvalue weighted by molar-refractivity contribution is -0.128. The number of dihydropyridines is 1. The van der Waals surface area contributed by atoms with Crippen LogP contribution < -0.4 is 0 Å². The lowest BCUT2D eigenvalue weighted by Crippen LogP contribution is -2.19. The van der Waals surface area contributed by atoms with E-state index < -0.39 is 5.92 Å². The van der Waals surface area contributed by atoms with Gasteiger partial charge in [0, 0.05) is 6.21 Å². The van der Waals surface area contributed by atoms with Crippen LogP contribution in [0.3, 0.4) is 0 Å². The molecule has 1 aliphatic heterocycles. The second-order valence-electron chi connectivity index (χ2n) is 2.09. The maximum atomic E-state index is 10.8. The number of allylic oxidation sites excluding steroid dienone is 1. The average molecular weight is 137 g/mol. The summed E-state index contributed by atoms with van der Waals surface area (Å²) in [5, 5.41) is 0. The Bertz CT molecular complexity index is 228. The van der Waals surface area contributed by atoms with E-state index in [1.54, 1.807) is 12.2 Å². The number of amides is 1. The van der Waals surface area contributed by atoms with Crippen molar-refractivity contribution in [3.8, 4) is 0 Å². The summed E-state index contributed by atoms with van der Waals surface area (Å²) in [4.78, 5) is 24.9. The fourth-order valence-electron chi connectivity index (χ4n) is 0.749. The molecule has 0 radical (unpaired) electrons. The molecule has 1 rings (SSSR count). The van der Waals surface area contributed by atoms with Crippen LogP contribution in [-0.2, 0) is 9.59 Å². The minimum Gasteiger partial charge on any atom is -0.299 e. The topological polar surface area (TPSA) is 46.5 Å². The number of ketones is 1. The van der Waals surface area contributed by atoms with Crippen molar-refractivity contribution < 1.29 is 9.59 Å². The third-order valence-corrected chi connectivity index (χ3v) is 1.30. The Morgan fingerprint density at radius 2 is 2.40 bits per heavy atom. The van der Waals surface area contributed by atoms with E-state index in [-0.39, 0.29) is 11.7 Å². The molecule has 0 aromatic rings. The van der Waals surface area contributed by atoms with Crippen molar-refractivity contribution in [2.75, 3.05) is 0 Å². The third kappa shape index (κ3) is 1.18. The van der Waals surface area contributed by atoms with E-state index in [0.717, 1.165) is 0 Å². The van der Waals surface area contributed by atoms with Gasteiger partial charge in [-0.1, -0.05) is 6.08 Å². The van der Waals surface area contributed by atoms with E-state index in [0.29, 0.717) is 0 Å². The lowest BCUT2D eigenvalue weighted by Gasteiger charge is -2.04. The number of carbonyl (C=O) groups is 2. The normalized spacial score (nSPS) is 23.3. The Kier molecular flexibility index (Phi) is 1.76. The maximum absolute atomic E-state index is 10.8. The summed E-state index contributed by atoms with van der Waals surface area (Å²) in [5.41, 5.74) is 0. The predicted octanol–water partition coefficient (Wildman–Crippen LogP) is 0.359. The summed E-state index contributed by atoms with van der Waals surface area (Å²) in [6.45, 7) is 1.38. The van der Waals surface area contributed by atoms with Crippen molar-refractivity contribution in [3.63, 3.8) is 0 Å². The maximum Gasteiger partial charge on any atom is 0.260 e. The van der Waals surface area contributed by atoms with Crippen LogP contribution in [0.2, 0.25) is 0 Å². The minimum atomic E-state index is -0.634. The fraction of sp³-hybridized carbons (Fsp3) is 0.286. The molecule has 0 aliphatic carbocycles. The molecule has 0 fully saturated rings. The van der Waals surface area contributed by atoms with Gasteiger partial charge in [0.15, 0.2) is 0 Å². The Labute approximate surface area is 58.5 Å². The summed E-state index contributed by atoms with van der Waals surface area (Å²) in [6, 6.07) is 0. The van der Waals surface area contributed by atoms with Gasteiger partial charge in [-0.2, -0.15) is 0 Å². The molecular weight excluding hydrogens is 130 g/mol. The highest BCUT2D eigenvalue weighted by molar-refractivity contribution is 6.07. The van der Waals surface area contributed by atoms with Crippen molar-refractivity contribution in [1.29, 1.82) is 0 Å². The monoisotopic (exact) mass is 137 g/mol. The summed E-state index contributed by atoms with van der Waals surface area (Å²) in [7, 11) is 0. The molecule has 0 spiro atoms. The lowest BCUT2D eigenvalue weighted by atomic mass is 10.0.